The Morgan fingerprint density at radius 2 is 0.804 bits per heavy atom. The van der Waals surface area contributed by atoms with E-state index in [-0.39, 0.29) is 12.5 Å². The Kier molecular flexibility index (Phi) is 44.4. The number of carbonyl (C=O) groups excluding carboxylic acids is 1. The predicted molar refractivity (Wildman–Crippen MR) is 248 cm³/mol. The fourth-order valence-corrected chi connectivity index (χ4v) is 6.49. The van der Waals surface area contributed by atoms with Gasteiger partial charge in [-0.3, -0.25) is 4.79 Å². The Bertz CT molecular complexity index is 1060. The minimum atomic E-state index is -0.867. The molecule has 4 heteroatoms. The Hall–Kier alpha value is -2.69. The van der Waals surface area contributed by atoms with Crippen LogP contribution < -0.4 is 5.32 Å². The molecule has 1 amide bonds. The molecule has 0 spiro atoms. The van der Waals surface area contributed by atoms with Crippen molar-refractivity contribution in [3.63, 3.8) is 0 Å². The number of aliphatic hydroxyl groups excluding tert-OH is 2. The number of hydrogen-bond acceptors (Lipinski definition) is 3. The summed E-state index contributed by atoms with van der Waals surface area (Å²) in [6, 6.07) is -0.644. The molecule has 0 fully saturated rings. The first kappa shape index (κ1) is 53.3. The molecule has 2 atom stereocenters. The molecule has 4 nitrogen and oxygen atoms in total. The first-order valence-electron chi connectivity index (χ1n) is 23.5. The topological polar surface area (TPSA) is 69.6 Å². The van der Waals surface area contributed by atoms with E-state index < -0.39 is 12.1 Å². The summed E-state index contributed by atoms with van der Waals surface area (Å²) in [6.45, 7) is 4.16. The number of allylic oxidation sites excluding steroid dienone is 15. The second kappa shape index (κ2) is 46.7. The summed E-state index contributed by atoms with van der Waals surface area (Å²) in [4.78, 5) is 12.4. The van der Waals surface area contributed by atoms with Gasteiger partial charge in [-0.1, -0.05) is 214 Å². The lowest BCUT2D eigenvalue weighted by atomic mass is 10.0. The molecule has 0 aliphatic rings. The molecule has 0 aromatic carbocycles. The quantitative estimate of drug-likeness (QED) is 0.0428. The van der Waals surface area contributed by atoms with E-state index in [1.165, 1.54) is 116 Å². The van der Waals surface area contributed by atoms with Gasteiger partial charge in [-0.05, 0) is 83.5 Å². The van der Waals surface area contributed by atoms with E-state index in [1.807, 2.05) is 6.08 Å². The van der Waals surface area contributed by atoms with Crippen LogP contribution in [0.25, 0.3) is 0 Å². The summed E-state index contributed by atoms with van der Waals surface area (Å²) < 4.78 is 0. The van der Waals surface area contributed by atoms with Crippen LogP contribution in [0.3, 0.4) is 0 Å². The van der Waals surface area contributed by atoms with Crippen molar-refractivity contribution >= 4 is 5.91 Å². The minimum Gasteiger partial charge on any atom is -0.394 e. The summed E-state index contributed by atoms with van der Waals surface area (Å²) in [5.74, 6) is -0.0813. The van der Waals surface area contributed by atoms with Crippen molar-refractivity contribution in [2.24, 2.45) is 0 Å². The lowest BCUT2D eigenvalue weighted by Gasteiger charge is -2.19. The van der Waals surface area contributed by atoms with Gasteiger partial charge in [0.2, 0.25) is 5.91 Å². The highest BCUT2D eigenvalue weighted by Crippen LogP contribution is 2.14. The summed E-state index contributed by atoms with van der Waals surface area (Å²) in [7, 11) is 0. The molecule has 0 heterocycles. The molecular weight excluding hydrogens is 687 g/mol. The van der Waals surface area contributed by atoms with Crippen LogP contribution in [-0.4, -0.2) is 34.9 Å². The van der Waals surface area contributed by atoms with E-state index in [1.54, 1.807) is 6.08 Å². The fraction of sp³-hybridized carbons (Fsp3) is 0.673. The van der Waals surface area contributed by atoms with Gasteiger partial charge in [-0.15, -0.1) is 0 Å². The summed E-state index contributed by atoms with van der Waals surface area (Å²) in [5, 5.41) is 23.0. The highest BCUT2D eigenvalue weighted by atomic mass is 16.3. The Balaban J connectivity index is 3.59. The molecule has 56 heavy (non-hydrogen) atoms. The van der Waals surface area contributed by atoms with Gasteiger partial charge in [0.25, 0.3) is 0 Å². The Morgan fingerprint density at radius 3 is 1.25 bits per heavy atom. The van der Waals surface area contributed by atoms with Gasteiger partial charge in [-0.25, -0.2) is 0 Å². The van der Waals surface area contributed by atoms with Crippen LogP contribution >= 0.6 is 0 Å². The lowest BCUT2D eigenvalue weighted by molar-refractivity contribution is -0.123. The second-order valence-electron chi connectivity index (χ2n) is 15.4. The van der Waals surface area contributed by atoms with Crippen LogP contribution in [0, 0.1) is 0 Å². The fourth-order valence-electron chi connectivity index (χ4n) is 6.49. The first-order valence-corrected chi connectivity index (χ1v) is 23.5. The van der Waals surface area contributed by atoms with Crippen molar-refractivity contribution < 1.29 is 15.0 Å². The van der Waals surface area contributed by atoms with Crippen LogP contribution in [-0.2, 0) is 4.79 Å². The minimum absolute atomic E-state index is 0.0813. The third-order valence-electron chi connectivity index (χ3n) is 10.1. The maximum Gasteiger partial charge on any atom is 0.220 e. The number of unbranched alkanes of at least 4 members (excludes halogenated alkanes) is 20. The molecule has 2 unspecified atom stereocenters. The van der Waals surface area contributed by atoms with Crippen LogP contribution in [0.15, 0.2) is 97.2 Å². The van der Waals surface area contributed by atoms with E-state index in [2.05, 4.69) is 104 Å². The van der Waals surface area contributed by atoms with E-state index >= 15 is 0 Å². The molecule has 3 N–H and O–H groups in total. The molecule has 0 saturated carbocycles. The number of nitrogens with one attached hydrogen (secondary N) is 1. The highest BCUT2D eigenvalue weighted by molar-refractivity contribution is 5.76. The van der Waals surface area contributed by atoms with Crippen molar-refractivity contribution in [2.45, 2.75) is 219 Å². The van der Waals surface area contributed by atoms with E-state index in [4.69, 9.17) is 0 Å². The van der Waals surface area contributed by atoms with Gasteiger partial charge in [0.15, 0.2) is 0 Å². The van der Waals surface area contributed by atoms with Gasteiger partial charge < -0.3 is 15.5 Å². The molecule has 0 radical (unpaired) electrons. The number of carbonyl (C=O) groups is 1. The third-order valence-corrected chi connectivity index (χ3v) is 10.1. The third kappa shape index (κ3) is 42.5. The van der Waals surface area contributed by atoms with Crippen LogP contribution in [0.4, 0.5) is 0 Å². The Morgan fingerprint density at radius 1 is 0.446 bits per heavy atom. The van der Waals surface area contributed by atoms with Crippen LogP contribution in [0.2, 0.25) is 0 Å². The molecule has 0 bridgehead atoms. The smallest absolute Gasteiger partial charge is 0.220 e. The summed E-state index contributed by atoms with van der Waals surface area (Å²) in [5.41, 5.74) is 0. The zero-order chi connectivity index (χ0) is 40.7. The molecule has 0 aliphatic heterocycles. The maximum atomic E-state index is 12.4. The van der Waals surface area contributed by atoms with Gasteiger partial charge in [-0.2, -0.15) is 0 Å². The largest absolute Gasteiger partial charge is 0.394 e. The summed E-state index contributed by atoms with van der Waals surface area (Å²) in [6.07, 6.45) is 69.5. The number of rotatable bonds is 41. The van der Waals surface area contributed by atoms with Crippen LogP contribution in [0.5, 0.6) is 0 Å². The number of aliphatic hydroxyl groups is 2. The van der Waals surface area contributed by atoms with Crippen molar-refractivity contribution in [3.8, 4) is 0 Å². The average Bonchev–Trinajstić information content (AvgIpc) is 3.20. The van der Waals surface area contributed by atoms with Crippen LogP contribution in [0.1, 0.15) is 206 Å². The Labute approximate surface area is 347 Å². The lowest BCUT2D eigenvalue weighted by Crippen LogP contribution is -2.45. The van der Waals surface area contributed by atoms with Crippen molar-refractivity contribution in [2.75, 3.05) is 6.61 Å². The molecule has 0 aromatic rings. The average molecular weight is 776 g/mol. The zero-order valence-electron chi connectivity index (χ0n) is 36.6. The SMILES string of the molecule is CC/C=C\C/C=C\C/C=C\C/C=C\C/C=C\C/C=C\CCCCCCCCCCCCCCC(=O)NC(CO)C(O)/C=C/CC/C=C/CCCCCCCCC. The maximum absolute atomic E-state index is 12.4. The number of amides is 1. The highest BCUT2D eigenvalue weighted by Gasteiger charge is 2.17. The van der Waals surface area contributed by atoms with Gasteiger partial charge in [0.1, 0.15) is 0 Å². The molecule has 0 aromatic heterocycles. The molecular formula is C52H89NO3. The standard InChI is InChI=1S/C52H89NO3/c1-3-5-7-9-11-13-15-17-18-19-20-21-22-23-24-25-26-27-28-29-30-31-32-33-34-36-38-40-42-44-46-48-52(56)53-50(49-54)51(55)47-45-43-41-39-37-35-16-14-12-10-8-6-4-2/h5,7,11,13,17-18,20-21,23-24,26-27,37,39,45,47,50-51,54-55H,3-4,6,8-10,12,14-16,19,22,25,28-36,38,40-44,46,48-49H2,1-2H3,(H,53,56)/b7-5-,13-11-,18-17-,21-20-,24-23-,27-26-,39-37+,47-45+. The number of hydrogen-bond donors (Lipinski definition) is 3. The van der Waals surface area contributed by atoms with Crippen molar-refractivity contribution in [1.82, 2.24) is 5.32 Å². The predicted octanol–water partition coefficient (Wildman–Crippen LogP) is 15.0. The van der Waals surface area contributed by atoms with E-state index in [9.17, 15) is 15.0 Å². The molecule has 0 saturated heterocycles. The monoisotopic (exact) mass is 776 g/mol. The van der Waals surface area contributed by atoms with Crippen molar-refractivity contribution in [3.05, 3.63) is 97.2 Å². The first-order chi connectivity index (χ1) is 27.7. The van der Waals surface area contributed by atoms with Gasteiger partial charge >= 0.3 is 0 Å². The molecule has 320 valence electrons. The summed E-state index contributed by atoms with van der Waals surface area (Å²) >= 11 is 0. The second-order valence-corrected chi connectivity index (χ2v) is 15.4. The van der Waals surface area contributed by atoms with Crippen molar-refractivity contribution in [1.29, 1.82) is 0 Å². The van der Waals surface area contributed by atoms with Gasteiger partial charge in [0.05, 0.1) is 18.8 Å². The zero-order valence-corrected chi connectivity index (χ0v) is 36.6. The van der Waals surface area contributed by atoms with E-state index in [0.717, 1.165) is 70.6 Å². The molecule has 0 aliphatic carbocycles. The molecule has 0 rings (SSSR count). The van der Waals surface area contributed by atoms with Gasteiger partial charge in [0, 0.05) is 6.42 Å². The van der Waals surface area contributed by atoms with E-state index in [0.29, 0.717) is 6.42 Å². The normalized spacial score (nSPS) is 13.9.